The van der Waals surface area contributed by atoms with Crippen molar-refractivity contribution in [2.75, 3.05) is 0 Å². The Morgan fingerprint density at radius 3 is 1.71 bits per heavy atom. The van der Waals surface area contributed by atoms with Crippen LogP contribution in [-0.2, 0) is 23.5 Å². The molecule has 74 valence electrons. The first-order valence-electron chi connectivity index (χ1n) is 3.12. The molecule has 0 aliphatic heterocycles. The van der Waals surface area contributed by atoms with Crippen LogP contribution in [0.5, 0.6) is 0 Å². The third-order valence-corrected chi connectivity index (χ3v) is 1.13. The number of halogens is 6. The summed E-state index contributed by atoms with van der Waals surface area (Å²) in [7, 11) is 4.76. The van der Waals surface area contributed by atoms with Crippen LogP contribution in [0.1, 0.15) is 5.56 Å². The van der Waals surface area contributed by atoms with Crippen LogP contribution >= 0.6 is 9.69 Å². The summed E-state index contributed by atoms with van der Waals surface area (Å²) >= 11 is 0.847. The first-order valence-corrected chi connectivity index (χ1v) is 7.02. The molecule has 0 bridgehead atoms. The molecule has 7 heteroatoms. The molecule has 0 amide bonds. The first kappa shape index (κ1) is 13.8. The standard InChI is InChI=1S/C7H2F5.ClH.Zn/c8-5-1-4(7(10,11)12)2-6(9)3-5;;/h1-2H;1H;/q-1;;+2/p-1. The Hall–Kier alpha value is -0.217. The molecule has 0 fully saturated rings. The SMILES string of the molecule is Fc1[c-]c(F)cc(C(F)(F)F)c1.[Cl][Zn+]. The van der Waals surface area contributed by atoms with Gasteiger partial charge in [0.05, 0.1) is 0 Å². The maximum absolute atomic E-state index is 12.2. The molecule has 0 heterocycles. The van der Waals surface area contributed by atoms with Crippen LogP contribution in [-0.4, -0.2) is 0 Å². The van der Waals surface area contributed by atoms with Crippen LogP contribution in [0.3, 0.4) is 0 Å². The number of rotatable bonds is 0. The van der Waals surface area contributed by atoms with Crippen LogP contribution in [0.4, 0.5) is 22.0 Å². The zero-order valence-corrected chi connectivity index (χ0v) is 10.4. The van der Waals surface area contributed by atoms with Crippen molar-refractivity contribution in [1.82, 2.24) is 0 Å². The molecule has 1 rings (SSSR count). The quantitative estimate of drug-likeness (QED) is 0.388. The Labute approximate surface area is 90.8 Å². The van der Waals surface area contributed by atoms with Gasteiger partial charge in [0, 0.05) is 11.6 Å². The van der Waals surface area contributed by atoms with Gasteiger partial charge >= 0.3 is 33.2 Å². The van der Waals surface area contributed by atoms with Crippen molar-refractivity contribution in [3.05, 3.63) is 35.4 Å². The Morgan fingerprint density at radius 1 is 1.07 bits per heavy atom. The second-order valence-corrected chi connectivity index (χ2v) is 2.06. The van der Waals surface area contributed by atoms with Crippen molar-refractivity contribution >= 4 is 9.69 Å². The van der Waals surface area contributed by atoms with Gasteiger partial charge in [-0.25, -0.2) is 8.78 Å². The van der Waals surface area contributed by atoms with Crippen molar-refractivity contribution in [2.45, 2.75) is 6.18 Å². The number of benzene rings is 1. The predicted octanol–water partition coefficient (Wildman–Crippen LogP) is 3.47. The minimum absolute atomic E-state index is 0.184. The fraction of sp³-hybridized carbons (Fsp3) is 0.143. The third kappa shape index (κ3) is 4.33. The van der Waals surface area contributed by atoms with E-state index in [0.29, 0.717) is 0 Å². The van der Waals surface area contributed by atoms with E-state index in [2.05, 4.69) is 0 Å². The summed E-state index contributed by atoms with van der Waals surface area (Å²) in [6, 6.07) is 1.82. The molecule has 0 atom stereocenters. The van der Waals surface area contributed by atoms with Crippen LogP contribution in [0.25, 0.3) is 0 Å². The molecule has 0 spiro atoms. The average Bonchev–Trinajstić information content (AvgIpc) is 2.04. The fourth-order valence-electron chi connectivity index (χ4n) is 0.665. The van der Waals surface area contributed by atoms with Gasteiger partial charge in [0.25, 0.3) is 0 Å². The summed E-state index contributed by atoms with van der Waals surface area (Å²) in [5.41, 5.74) is -1.35. The molecule has 0 nitrogen and oxygen atoms in total. The topological polar surface area (TPSA) is 0 Å². The van der Waals surface area contributed by atoms with Crippen LogP contribution in [0.2, 0.25) is 0 Å². The van der Waals surface area contributed by atoms with E-state index in [-0.39, 0.29) is 12.1 Å². The summed E-state index contributed by atoms with van der Waals surface area (Å²) in [5.74, 6) is -2.72. The summed E-state index contributed by atoms with van der Waals surface area (Å²) < 4.78 is 59.7. The zero-order chi connectivity index (χ0) is 11.4. The number of hydrogen-bond donors (Lipinski definition) is 0. The van der Waals surface area contributed by atoms with Gasteiger partial charge in [-0.2, -0.15) is 13.2 Å². The van der Waals surface area contributed by atoms with E-state index >= 15 is 0 Å². The molecule has 1 aromatic carbocycles. The van der Waals surface area contributed by atoms with Gasteiger partial charge in [0.15, 0.2) is 0 Å². The van der Waals surface area contributed by atoms with Crippen molar-refractivity contribution in [3.8, 4) is 0 Å². The molecule has 0 aliphatic carbocycles. The van der Waals surface area contributed by atoms with E-state index in [4.69, 9.17) is 9.69 Å². The second-order valence-electron chi connectivity index (χ2n) is 2.06. The Kier molecular flexibility index (Phi) is 5.53. The van der Waals surface area contributed by atoms with E-state index in [1.807, 2.05) is 0 Å². The number of hydrogen-bond acceptors (Lipinski definition) is 0. The first-order chi connectivity index (χ1) is 6.39. The normalized spacial score (nSPS) is 10.6. The Morgan fingerprint density at radius 2 is 1.43 bits per heavy atom. The van der Waals surface area contributed by atoms with Gasteiger partial charge in [0.1, 0.15) is 0 Å². The van der Waals surface area contributed by atoms with E-state index in [1.54, 1.807) is 0 Å². The predicted molar refractivity (Wildman–Crippen MR) is 36.0 cm³/mol. The van der Waals surface area contributed by atoms with Gasteiger partial charge in [-0.05, 0) is 5.56 Å². The average molecular weight is 282 g/mol. The van der Waals surface area contributed by atoms with Crippen molar-refractivity contribution < 1.29 is 39.3 Å². The molecule has 0 radical (unpaired) electrons. The van der Waals surface area contributed by atoms with Gasteiger partial charge in [-0.15, -0.1) is 18.2 Å². The molecule has 1 aromatic rings. The molecule has 0 aliphatic rings. The monoisotopic (exact) mass is 280 g/mol. The Bertz CT molecular complexity index is 278. The third-order valence-electron chi connectivity index (χ3n) is 1.13. The van der Waals surface area contributed by atoms with Gasteiger partial charge < -0.3 is 0 Å². The fourth-order valence-corrected chi connectivity index (χ4v) is 0.665. The van der Waals surface area contributed by atoms with Gasteiger partial charge in [0.2, 0.25) is 0 Å². The minimum atomic E-state index is -4.73. The van der Waals surface area contributed by atoms with E-state index < -0.39 is 23.4 Å². The van der Waals surface area contributed by atoms with E-state index in [9.17, 15) is 22.0 Å². The van der Waals surface area contributed by atoms with Crippen molar-refractivity contribution in [1.29, 1.82) is 0 Å². The molecule has 14 heavy (non-hydrogen) atoms. The van der Waals surface area contributed by atoms with Gasteiger partial charge in [-0.1, -0.05) is 0 Å². The molecule has 0 saturated carbocycles. The molecule has 0 unspecified atom stereocenters. The summed E-state index contributed by atoms with van der Waals surface area (Å²) in [5, 5.41) is 0. The van der Waals surface area contributed by atoms with Crippen molar-refractivity contribution in [3.63, 3.8) is 0 Å². The second kappa shape index (κ2) is 5.61. The molecular weight excluding hydrogens is 280 g/mol. The number of alkyl halides is 3. The van der Waals surface area contributed by atoms with E-state index in [0.717, 1.165) is 17.3 Å². The van der Waals surface area contributed by atoms with Crippen molar-refractivity contribution in [2.24, 2.45) is 0 Å². The zero-order valence-electron chi connectivity index (χ0n) is 6.63. The Balaban J connectivity index is 0.000000791. The maximum atomic E-state index is 12.2. The van der Waals surface area contributed by atoms with Gasteiger partial charge in [-0.3, -0.25) is 0 Å². The summed E-state index contributed by atoms with van der Waals surface area (Å²) in [6.07, 6.45) is -4.73. The summed E-state index contributed by atoms with van der Waals surface area (Å²) in [6.45, 7) is 0. The van der Waals surface area contributed by atoms with Crippen LogP contribution in [0.15, 0.2) is 12.1 Å². The summed E-state index contributed by atoms with van der Waals surface area (Å²) in [4.78, 5) is 0. The van der Waals surface area contributed by atoms with E-state index in [1.165, 1.54) is 6.07 Å². The van der Waals surface area contributed by atoms with Crippen LogP contribution < -0.4 is 0 Å². The molecule has 0 N–H and O–H groups in total. The molecule has 0 saturated heterocycles. The molecule has 0 aromatic heterocycles. The van der Waals surface area contributed by atoms with Crippen LogP contribution in [0, 0.1) is 17.7 Å². The molecular formula is C7H2ClF5Zn.